The van der Waals surface area contributed by atoms with Crippen LogP contribution < -0.4 is 43.0 Å². The molecule has 0 spiro atoms. The molecule has 8 atom stereocenters. The second-order valence-corrected chi connectivity index (χ2v) is 14.4. The van der Waals surface area contributed by atoms with E-state index >= 15 is 0 Å². The van der Waals surface area contributed by atoms with Crippen molar-refractivity contribution in [2.45, 2.75) is 111 Å². The Morgan fingerprint density at radius 1 is 0.962 bits per heavy atom. The van der Waals surface area contributed by atoms with E-state index in [1.165, 1.54) is 19.9 Å². The molecule has 1 aliphatic heterocycles. The summed E-state index contributed by atoms with van der Waals surface area (Å²) in [6, 6.07) is -7.31. The molecule has 0 saturated carbocycles. The lowest BCUT2D eigenvalue weighted by atomic mass is 9.97. The molecule has 0 unspecified atom stereocenters. The van der Waals surface area contributed by atoms with Gasteiger partial charge in [-0.2, -0.15) is 11.8 Å². The van der Waals surface area contributed by atoms with Gasteiger partial charge in [0.15, 0.2) is 0 Å². The smallest absolute Gasteiger partial charge is 0.325 e. The van der Waals surface area contributed by atoms with Gasteiger partial charge in [-0.15, -0.1) is 0 Å². The SMILES string of the molecule is C=C1NC(=O)[C@H]([C@@H](C)CC)NC(=O)[C@H](NC(=O)/C(=C/C)NC(=O)[C@@H](N)[C@@H](C)CC)CSC[C@@H](C(=O)N[C@@H](C)C(=O)O)NC(=O)[C@H](CC(C)C)NC1=O. The topological polar surface area (TPSA) is 267 Å². The number of amides is 7. The summed E-state index contributed by atoms with van der Waals surface area (Å²) in [6.45, 7) is 17.1. The average molecular weight is 753 g/mol. The van der Waals surface area contributed by atoms with Crippen molar-refractivity contribution in [2.24, 2.45) is 23.5 Å². The highest BCUT2D eigenvalue weighted by Crippen LogP contribution is 2.14. The quantitative estimate of drug-likeness (QED) is 0.107. The molecule has 1 fully saturated rings. The normalized spacial score (nSPS) is 23.5. The Bertz CT molecular complexity index is 1390. The van der Waals surface area contributed by atoms with Gasteiger partial charge >= 0.3 is 5.97 Å². The molecule has 0 radical (unpaired) electrons. The molecule has 18 heteroatoms. The number of carbonyl (C=O) groups is 8. The van der Waals surface area contributed by atoms with Crippen molar-refractivity contribution >= 4 is 59.1 Å². The Morgan fingerprint density at radius 3 is 2.13 bits per heavy atom. The van der Waals surface area contributed by atoms with Gasteiger partial charge in [0.25, 0.3) is 11.8 Å². The van der Waals surface area contributed by atoms with Crippen molar-refractivity contribution in [3.8, 4) is 0 Å². The van der Waals surface area contributed by atoms with Crippen molar-refractivity contribution in [1.29, 1.82) is 0 Å². The molecule has 0 aromatic carbocycles. The third-order valence-corrected chi connectivity index (χ3v) is 9.71. The number of nitrogens with one attached hydrogen (secondary N) is 7. The van der Waals surface area contributed by atoms with E-state index in [1.807, 2.05) is 20.8 Å². The summed E-state index contributed by atoms with van der Waals surface area (Å²) in [4.78, 5) is 105. The van der Waals surface area contributed by atoms with Gasteiger partial charge in [-0.3, -0.25) is 38.4 Å². The van der Waals surface area contributed by atoms with Crippen LogP contribution in [0.5, 0.6) is 0 Å². The predicted octanol–water partition coefficient (Wildman–Crippen LogP) is -0.623. The number of hydrogen-bond acceptors (Lipinski definition) is 10. The first-order valence-electron chi connectivity index (χ1n) is 17.3. The fraction of sp³-hybridized carbons (Fsp3) is 0.647. The Morgan fingerprint density at radius 2 is 1.60 bits per heavy atom. The van der Waals surface area contributed by atoms with Gasteiger partial charge in [0.1, 0.15) is 35.9 Å². The van der Waals surface area contributed by atoms with E-state index in [0.717, 1.165) is 11.8 Å². The van der Waals surface area contributed by atoms with E-state index in [-0.39, 0.29) is 35.5 Å². The van der Waals surface area contributed by atoms with Gasteiger partial charge in [0.05, 0.1) is 11.7 Å². The van der Waals surface area contributed by atoms with Gasteiger partial charge in [-0.1, -0.05) is 67.0 Å². The van der Waals surface area contributed by atoms with Crippen molar-refractivity contribution in [3.63, 3.8) is 0 Å². The lowest BCUT2D eigenvalue weighted by Crippen LogP contribution is -2.59. The van der Waals surface area contributed by atoms with Gasteiger partial charge in [0, 0.05) is 11.5 Å². The Hall–Kier alpha value is -4.45. The minimum Gasteiger partial charge on any atom is -0.480 e. The number of aliphatic carboxylic acids is 1. The van der Waals surface area contributed by atoms with Gasteiger partial charge in [0.2, 0.25) is 29.5 Å². The lowest BCUT2D eigenvalue weighted by molar-refractivity contribution is -0.141. The molecule has 292 valence electrons. The van der Waals surface area contributed by atoms with Crippen LogP contribution in [0.4, 0.5) is 0 Å². The average Bonchev–Trinajstić information content (AvgIpc) is 3.09. The highest BCUT2D eigenvalue weighted by atomic mass is 32.2. The van der Waals surface area contributed by atoms with Crippen molar-refractivity contribution in [2.75, 3.05) is 11.5 Å². The molecule has 0 aliphatic carbocycles. The van der Waals surface area contributed by atoms with Gasteiger partial charge in [-0.05, 0) is 38.0 Å². The standard InChI is InChI=1S/C34H56N8O9S/c1-10-17(6)25(35)32(48)38-21(12-3)28(44)40-24-15-52-14-23(30(46)37-20(9)34(50)51)41-29(45)22(13-16(4)5)39-27(43)19(8)36-33(49)26(18(7)11-2)42-31(24)47/h12,16-18,20,22-26H,8,10-11,13-15,35H2,1-7,9H3,(H,36,49)(H,37,46)(H,38,48)(H,39,43)(H,40,44)(H,41,45)(H,42,47)(H,50,51)/b21-12-/t17-,18-,20-,22-,23-,24+,25-,26-/m0/s1. The number of thioether (sulfide) groups is 1. The Kier molecular flexibility index (Phi) is 19.1. The molecule has 1 aliphatic rings. The van der Waals surface area contributed by atoms with E-state index in [4.69, 9.17) is 5.73 Å². The van der Waals surface area contributed by atoms with E-state index in [2.05, 4.69) is 43.8 Å². The second kappa shape index (κ2) is 21.8. The third kappa shape index (κ3) is 14.3. The van der Waals surface area contributed by atoms with Crippen LogP contribution in [0.2, 0.25) is 0 Å². The van der Waals surface area contributed by atoms with Crippen molar-refractivity contribution in [1.82, 2.24) is 37.2 Å². The highest BCUT2D eigenvalue weighted by Gasteiger charge is 2.34. The zero-order chi connectivity index (χ0) is 39.9. The van der Waals surface area contributed by atoms with Crippen LogP contribution in [0.25, 0.3) is 0 Å². The van der Waals surface area contributed by atoms with Crippen LogP contribution in [-0.2, 0) is 38.4 Å². The van der Waals surface area contributed by atoms with Crippen LogP contribution in [0.3, 0.4) is 0 Å². The molecule has 52 heavy (non-hydrogen) atoms. The van der Waals surface area contributed by atoms with Crippen LogP contribution in [0, 0.1) is 17.8 Å². The first kappa shape index (κ1) is 45.6. The molecule has 7 amide bonds. The number of carbonyl (C=O) groups excluding carboxylic acids is 7. The van der Waals surface area contributed by atoms with Crippen molar-refractivity contribution in [3.05, 3.63) is 24.0 Å². The summed E-state index contributed by atoms with van der Waals surface area (Å²) in [5.74, 6) is -7.98. The molecule has 0 aromatic heterocycles. The number of carboxylic acids is 1. The Balaban J connectivity index is 3.62. The summed E-state index contributed by atoms with van der Waals surface area (Å²) >= 11 is 0.967. The molecular weight excluding hydrogens is 696 g/mol. The molecule has 1 saturated heterocycles. The summed E-state index contributed by atoms with van der Waals surface area (Å²) in [5.41, 5.74) is 5.44. The predicted molar refractivity (Wildman–Crippen MR) is 196 cm³/mol. The molecule has 1 heterocycles. The number of allylic oxidation sites excluding steroid dienone is 1. The van der Waals surface area contributed by atoms with E-state index < -0.39 is 95.2 Å². The van der Waals surface area contributed by atoms with Gasteiger partial charge < -0.3 is 48.1 Å². The van der Waals surface area contributed by atoms with Crippen molar-refractivity contribution < 1.29 is 43.5 Å². The summed E-state index contributed by atoms with van der Waals surface area (Å²) in [5, 5.41) is 26.9. The summed E-state index contributed by atoms with van der Waals surface area (Å²) < 4.78 is 0. The van der Waals surface area contributed by atoms with Crippen LogP contribution in [0.1, 0.15) is 74.7 Å². The number of rotatable bonds is 13. The second-order valence-electron chi connectivity index (χ2n) is 13.3. The fourth-order valence-electron chi connectivity index (χ4n) is 4.73. The summed E-state index contributed by atoms with van der Waals surface area (Å²) in [7, 11) is 0. The molecule has 0 aromatic rings. The highest BCUT2D eigenvalue weighted by molar-refractivity contribution is 7.99. The molecule has 10 N–H and O–H groups in total. The number of carboxylic acid groups (broad SMARTS) is 1. The van der Waals surface area contributed by atoms with E-state index in [9.17, 15) is 43.5 Å². The zero-order valence-electron chi connectivity index (χ0n) is 31.2. The minimum absolute atomic E-state index is 0.106. The van der Waals surface area contributed by atoms with E-state index in [0.29, 0.717) is 12.8 Å². The minimum atomic E-state index is -1.36. The first-order chi connectivity index (χ1) is 24.3. The van der Waals surface area contributed by atoms with Crippen LogP contribution in [-0.4, -0.2) is 100 Å². The van der Waals surface area contributed by atoms with Crippen LogP contribution in [0.15, 0.2) is 24.0 Å². The zero-order valence-corrected chi connectivity index (χ0v) is 32.0. The molecule has 17 nitrogen and oxygen atoms in total. The van der Waals surface area contributed by atoms with E-state index in [1.54, 1.807) is 20.8 Å². The van der Waals surface area contributed by atoms with Crippen LogP contribution >= 0.6 is 11.8 Å². The molecule has 0 bridgehead atoms. The summed E-state index contributed by atoms with van der Waals surface area (Å²) in [6.07, 6.45) is 2.51. The number of hydrogen-bond donors (Lipinski definition) is 9. The van der Waals surface area contributed by atoms with Gasteiger partial charge in [-0.25, -0.2) is 0 Å². The largest absolute Gasteiger partial charge is 0.480 e. The maximum atomic E-state index is 13.8. The number of nitrogens with two attached hydrogens (primary N) is 1. The monoisotopic (exact) mass is 752 g/mol. The third-order valence-electron chi connectivity index (χ3n) is 8.57. The Labute approximate surface area is 309 Å². The maximum Gasteiger partial charge on any atom is 0.325 e. The lowest BCUT2D eigenvalue weighted by Gasteiger charge is -2.28. The molecular formula is C34H56N8O9S. The maximum absolute atomic E-state index is 13.8. The first-order valence-corrected chi connectivity index (χ1v) is 18.5. The molecule has 1 rings (SSSR count). The fourth-order valence-corrected chi connectivity index (χ4v) is 5.81.